The molecule has 0 atom stereocenters. The number of nitrogens with zero attached hydrogens (tertiary/aromatic N) is 2. The molecule has 2 N–H and O–H groups in total. The van der Waals surface area contributed by atoms with Crippen LogP contribution in [-0.2, 0) is 6.54 Å². The van der Waals surface area contributed by atoms with Crippen molar-refractivity contribution >= 4 is 5.82 Å². The standard InChI is InChI=1S/C13H21N3/c1-10-5-7-16(8-6-10)13-4-3-12(9-14)11(2)15-13/h3-4,10H,5-9,14H2,1-2H3. The summed E-state index contributed by atoms with van der Waals surface area (Å²) in [5, 5.41) is 0. The lowest BCUT2D eigenvalue weighted by molar-refractivity contribution is 0.436. The van der Waals surface area contributed by atoms with E-state index in [1.54, 1.807) is 0 Å². The van der Waals surface area contributed by atoms with Crippen molar-refractivity contribution in [2.75, 3.05) is 18.0 Å². The summed E-state index contributed by atoms with van der Waals surface area (Å²) in [7, 11) is 0. The number of aryl methyl sites for hydroxylation is 1. The molecule has 2 rings (SSSR count). The largest absolute Gasteiger partial charge is 0.357 e. The van der Waals surface area contributed by atoms with Crippen LogP contribution in [0.3, 0.4) is 0 Å². The predicted molar refractivity (Wildman–Crippen MR) is 67.5 cm³/mol. The van der Waals surface area contributed by atoms with Gasteiger partial charge in [-0.05, 0) is 37.3 Å². The quantitative estimate of drug-likeness (QED) is 0.828. The number of pyridine rings is 1. The molecule has 1 aromatic rings. The first kappa shape index (κ1) is 11.4. The average molecular weight is 219 g/mol. The van der Waals surface area contributed by atoms with E-state index in [2.05, 4.69) is 28.9 Å². The van der Waals surface area contributed by atoms with Crippen LogP contribution in [0.5, 0.6) is 0 Å². The normalized spacial score (nSPS) is 17.8. The second kappa shape index (κ2) is 4.83. The molecular formula is C13H21N3. The highest BCUT2D eigenvalue weighted by Crippen LogP contribution is 2.22. The van der Waals surface area contributed by atoms with Crippen molar-refractivity contribution in [2.24, 2.45) is 11.7 Å². The summed E-state index contributed by atoms with van der Waals surface area (Å²) in [5.74, 6) is 1.97. The van der Waals surface area contributed by atoms with Gasteiger partial charge in [-0.15, -0.1) is 0 Å². The monoisotopic (exact) mass is 219 g/mol. The lowest BCUT2D eigenvalue weighted by atomic mass is 9.99. The van der Waals surface area contributed by atoms with Crippen LogP contribution in [0.4, 0.5) is 5.82 Å². The Morgan fingerprint density at radius 1 is 1.38 bits per heavy atom. The van der Waals surface area contributed by atoms with Gasteiger partial charge in [0, 0.05) is 25.3 Å². The second-order valence-corrected chi connectivity index (χ2v) is 4.79. The van der Waals surface area contributed by atoms with E-state index in [1.807, 2.05) is 6.92 Å². The van der Waals surface area contributed by atoms with Gasteiger partial charge < -0.3 is 10.6 Å². The van der Waals surface area contributed by atoms with Crippen LogP contribution in [0, 0.1) is 12.8 Å². The molecule has 0 saturated carbocycles. The smallest absolute Gasteiger partial charge is 0.128 e. The van der Waals surface area contributed by atoms with E-state index in [1.165, 1.54) is 12.8 Å². The van der Waals surface area contributed by atoms with Crippen molar-refractivity contribution < 1.29 is 0 Å². The van der Waals surface area contributed by atoms with Crippen LogP contribution in [0.2, 0.25) is 0 Å². The molecule has 88 valence electrons. The van der Waals surface area contributed by atoms with Gasteiger partial charge in [-0.3, -0.25) is 0 Å². The molecule has 1 aliphatic heterocycles. The third-order valence-electron chi connectivity index (χ3n) is 3.51. The predicted octanol–water partition coefficient (Wildman–Crippen LogP) is 2.09. The number of piperidine rings is 1. The summed E-state index contributed by atoms with van der Waals surface area (Å²) in [6, 6.07) is 4.21. The summed E-state index contributed by atoms with van der Waals surface area (Å²) in [5.41, 5.74) is 7.86. The van der Waals surface area contributed by atoms with E-state index in [0.717, 1.165) is 36.1 Å². The zero-order valence-corrected chi connectivity index (χ0v) is 10.2. The fourth-order valence-electron chi connectivity index (χ4n) is 2.21. The van der Waals surface area contributed by atoms with Crippen molar-refractivity contribution in [3.63, 3.8) is 0 Å². The molecule has 3 nitrogen and oxygen atoms in total. The van der Waals surface area contributed by atoms with Gasteiger partial charge in [0.2, 0.25) is 0 Å². The van der Waals surface area contributed by atoms with Gasteiger partial charge in [-0.2, -0.15) is 0 Å². The number of hydrogen-bond acceptors (Lipinski definition) is 3. The molecule has 1 aromatic heterocycles. The molecule has 0 amide bonds. The molecule has 0 bridgehead atoms. The lowest BCUT2D eigenvalue weighted by Crippen LogP contribution is -2.33. The molecule has 1 saturated heterocycles. The molecule has 0 aromatic carbocycles. The lowest BCUT2D eigenvalue weighted by Gasteiger charge is -2.31. The van der Waals surface area contributed by atoms with Crippen molar-refractivity contribution in [1.82, 2.24) is 4.98 Å². The zero-order valence-electron chi connectivity index (χ0n) is 10.2. The maximum Gasteiger partial charge on any atom is 0.128 e. The highest BCUT2D eigenvalue weighted by Gasteiger charge is 2.17. The minimum Gasteiger partial charge on any atom is -0.357 e. The van der Waals surface area contributed by atoms with Crippen LogP contribution < -0.4 is 10.6 Å². The highest BCUT2D eigenvalue weighted by molar-refractivity contribution is 5.42. The summed E-state index contributed by atoms with van der Waals surface area (Å²) in [6.45, 7) is 7.22. The molecule has 0 spiro atoms. The van der Waals surface area contributed by atoms with Crippen LogP contribution in [0.25, 0.3) is 0 Å². The van der Waals surface area contributed by atoms with Gasteiger partial charge in [0.15, 0.2) is 0 Å². The van der Waals surface area contributed by atoms with Crippen molar-refractivity contribution in [3.8, 4) is 0 Å². The molecule has 1 aliphatic rings. The zero-order chi connectivity index (χ0) is 11.5. The highest BCUT2D eigenvalue weighted by atomic mass is 15.2. The van der Waals surface area contributed by atoms with Gasteiger partial charge in [-0.1, -0.05) is 13.0 Å². The van der Waals surface area contributed by atoms with Crippen LogP contribution in [0.15, 0.2) is 12.1 Å². The molecule has 1 fully saturated rings. The fourth-order valence-corrected chi connectivity index (χ4v) is 2.21. The topological polar surface area (TPSA) is 42.2 Å². The first-order valence-electron chi connectivity index (χ1n) is 6.12. The van der Waals surface area contributed by atoms with Gasteiger partial charge in [0.25, 0.3) is 0 Å². The van der Waals surface area contributed by atoms with Gasteiger partial charge >= 0.3 is 0 Å². The van der Waals surface area contributed by atoms with Gasteiger partial charge in [0.05, 0.1) is 0 Å². The van der Waals surface area contributed by atoms with E-state index in [4.69, 9.17) is 5.73 Å². The fraction of sp³-hybridized carbons (Fsp3) is 0.615. The molecule has 0 unspecified atom stereocenters. The van der Waals surface area contributed by atoms with Crippen molar-refractivity contribution in [1.29, 1.82) is 0 Å². The maximum absolute atomic E-state index is 5.64. The summed E-state index contributed by atoms with van der Waals surface area (Å²) < 4.78 is 0. The van der Waals surface area contributed by atoms with E-state index in [-0.39, 0.29) is 0 Å². The minimum atomic E-state index is 0.580. The average Bonchev–Trinajstić information content (AvgIpc) is 2.30. The van der Waals surface area contributed by atoms with Crippen LogP contribution in [0.1, 0.15) is 31.0 Å². The minimum absolute atomic E-state index is 0.580. The molecule has 2 heterocycles. The number of anilines is 1. The molecule has 0 radical (unpaired) electrons. The van der Waals surface area contributed by atoms with E-state index >= 15 is 0 Å². The Morgan fingerprint density at radius 2 is 2.06 bits per heavy atom. The number of hydrogen-bond donors (Lipinski definition) is 1. The molecule has 0 aliphatic carbocycles. The third-order valence-corrected chi connectivity index (χ3v) is 3.51. The Hall–Kier alpha value is -1.09. The maximum atomic E-state index is 5.64. The first-order chi connectivity index (χ1) is 7.70. The number of rotatable bonds is 2. The van der Waals surface area contributed by atoms with Crippen LogP contribution >= 0.6 is 0 Å². The molecule has 3 heteroatoms. The van der Waals surface area contributed by atoms with E-state index < -0.39 is 0 Å². The number of nitrogens with two attached hydrogens (primary N) is 1. The Morgan fingerprint density at radius 3 is 2.62 bits per heavy atom. The molecule has 16 heavy (non-hydrogen) atoms. The summed E-state index contributed by atoms with van der Waals surface area (Å²) in [4.78, 5) is 7.02. The van der Waals surface area contributed by atoms with E-state index in [9.17, 15) is 0 Å². The summed E-state index contributed by atoms with van der Waals surface area (Å²) >= 11 is 0. The Kier molecular flexibility index (Phi) is 3.44. The van der Waals surface area contributed by atoms with Crippen molar-refractivity contribution in [3.05, 3.63) is 23.4 Å². The van der Waals surface area contributed by atoms with Gasteiger partial charge in [-0.25, -0.2) is 4.98 Å². The third kappa shape index (κ3) is 2.35. The number of aromatic nitrogens is 1. The van der Waals surface area contributed by atoms with Gasteiger partial charge in [0.1, 0.15) is 5.82 Å². The Bertz CT molecular complexity index is 354. The van der Waals surface area contributed by atoms with Crippen LogP contribution in [-0.4, -0.2) is 18.1 Å². The second-order valence-electron chi connectivity index (χ2n) is 4.79. The SMILES string of the molecule is Cc1nc(N2CCC(C)CC2)ccc1CN. The summed E-state index contributed by atoms with van der Waals surface area (Å²) in [6.07, 6.45) is 2.55. The van der Waals surface area contributed by atoms with Crippen molar-refractivity contribution in [2.45, 2.75) is 33.2 Å². The Labute approximate surface area is 97.7 Å². The Balaban J connectivity index is 2.12. The molecular weight excluding hydrogens is 198 g/mol. The first-order valence-corrected chi connectivity index (χ1v) is 6.12. The van der Waals surface area contributed by atoms with E-state index in [0.29, 0.717) is 6.54 Å².